The molecule has 0 saturated heterocycles. The summed E-state index contributed by atoms with van der Waals surface area (Å²) in [7, 11) is 0. The normalized spacial score (nSPS) is 12.0. The van der Waals surface area contributed by atoms with Crippen LogP contribution in [0, 0.1) is 3.70 Å². The summed E-state index contributed by atoms with van der Waals surface area (Å²) in [4.78, 5) is 3.45. The van der Waals surface area contributed by atoms with Gasteiger partial charge in [0.05, 0.1) is 12.2 Å². The van der Waals surface area contributed by atoms with Crippen LogP contribution in [0.5, 0.6) is 5.75 Å². The molecule has 17 heavy (non-hydrogen) atoms. The number of hydrogen-bond acceptors (Lipinski definition) is 3. The van der Waals surface area contributed by atoms with E-state index in [4.69, 9.17) is 5.11 Å². The molecule has 0 aromatic carbocycles. The molecule has 9 heteroatoms. The molecule has 0 spiro atoms. The first-order valence-corrected chi connectivity index (χ1v) is 5.16. The van der Waals surface area contributed by atoms with Gasteiger partial charge in [0.15, 0.2) is 5.75 Å². The van der Waals surface area contributed by atoms with Gasteiger partial charge < -0.3 is 9.84 Å². The SMILES string of the molecule is OCc1cnc(I)c(OC(F)(F)F)c1C(F)F. The van der Waals surface area contributed by atoms with E-state index in [1.807, 2.05) is 0 Å². The van der Waals surface area contributed by atoms with Crippen molar-refractivity contribution in [1.82, 2.24) is 4.98 Å². The summed E-state index contributed by atoms with van der Waals surface area (Å²) in [5.74, 6) is -1.07. The smallest absolute Gasteiger partial charge is 0.402 e. The molecule has 96 valence electrons. The van der Waals surface area contributed by atoms with Gasteiger partial charge in [-0.1, -0.05) is 0 Å². The van der Waals surface area contributed by atoms with Crippen molar-refractivity contribution in [3.63, 3.8) is 0 Å². The zero-order valence-electron chi connectivity index (χ0n) is 7.93. The fraction of sp³-hybridized carbons (Fsp3) is 0.375. The fourth-order valence-electron chi connectivity index (χ4n) is 1.10. The fourth-order valence-corrected chi connectivity index (χ4v) is 1.64. The molecule has 1 N–H and O–H groups in total. The van der Waals surface area contributed by atoms with E-state index >= 15 is 0 Å². The highest BCUT2D eigenvalue weighted by molar-refractivity contribution is 14.1. The number of aliphatic hydroxyl groups is 1. The quantitative estimate of drug-likeness (QED) is 0.506. The Morgan fingerprint density at radius 3 is 2.41 bits per heavy atom. The average molecular weight is 369 g/mol. The molecule has 0 bridgehead atoms. The predicted molar refractivity (Wildman–Crippen MR) is 54.5 cm³/mol. The molecule has 0 radical (unpaired) electrons. The highest BCUT2D eigenvalue weighted by Gasteiger charge is 2.35. The molecular weight excluding hydrogens is 364 g/mol. The molecule has 0 amide bonds. The number of halogens is 6. The van der Waals surface area contributed by atoms with Crippen LogP contribution in [0.25, 0.3) is 0 Å². The van der Waals surface area contributed by atoms with Crippen LogP contribution in [-0.2, 0) is 6.61 Å². The molecule has 0 aliphatic rings. The van der Waals surface area contributed by atoms with Gasteiger partial charge in [-0.3, -0.25) is 0 Å². The third-order valence-electron chi connectivity index (χ3n) is 1.72. The van der Waals surface area contributed by atoms with Gasteiger partial charge >= 0.3 is 6.36 Å². The topological polar surface area (TPSA) is 42.4 Å². The molecule has 1 rings (SSSR count). The van der Waals surface area contributed by atoms with E-state index < -0.39 is 36.3 Å². The summed E-state index contributed by atoms with van der Waals surface area (Å²) in [5, 5.41) is 8.77. The number of hydrogen-bond donors (Lipinski definition) is 1. The van der Waals surface area contributed by atoms with Gasteiger partial charge in [0, 0.05) is 11.8 Å². The Kier molecular flexibility index (Phi) is 4.47. The minimum atomic E-state index is -5.10. The van der Waals surface area contributed by atoms with Crippen LogP contribution in [0.15, 0.2) is 6.20 Å². The van der Waals surface area contributed by atoms with Crippen LogP contribution in [0.1, 0.15) is 17.6 Å². The standard InChI is InChI=1S/C8H5F5INO2/c9-6(10)4-3(2-16)1-15-7(14)5(4)17-8(11,12)13/h1,6,16H,2H2. The van der Waals surface area contributed by atoms with E-state index in [-0.39, 0.29) is 3.70 Å². The Balaban J connectivity index is 3.34. The van der Waals surface area contributed by atoms with Crippen LogP contribution in [0.2, 0.25) is 0 Å². The number of aliphatic hydroxyl groups excluding tert-OH is 1. The minimum absolute atomic E-state index is 0.354. The molecular formula is C8H5F5INO2. The number of aromatic nitrogens is 1. The van der Waals surface area contributed by atoms with Gasteiger partial charge in [-0.25, -0.2) is 13.8 Å². The van der Waals surface area contributed by atoms with Gasteiger partial charge in [-0.15, -0.1) is 13.2 Å². The molecule has 0 saturated carbocycles. The lowest BCUT2D eigenvalue weighted by molar-refractivity contribution is -0.275. The van der Waals surface area contributed by atoms with Crippen molar-refractivity contribution in [3.8, 4) is 5.75 Å². The second-order valence-electron chi connectivity index (χ2n) is 2.82. The summed E-state index contributed by atoms with van der Waals surface area (Å²) in [6.07, 6.45) is -7.42. The van der Waals surface area contributed by atoms with Crippen LogP contribution in [0.4, 0.5) is 22.0 Å². The Bertz CT molecular complexity index is 410. The first-order chi connectivity index (χ1) is 7.76. The lowest BCUT2D eigenvalue weighted by Crippen LogP contribution is -2.20. The molecule has 3 nitrogen and oxygen atoms in total. The molecule has 0 aliphatic heterocycles. The number of alkyl halides is 5. The summed E-state index contributed by atoms with van der Waals surface area (Å²) < 4.78 is 64.6. The lowest BCUT2D eigenvalue weighted by Gasteiger charge is -2.16. The monoisotopic (exact) mass is 369 g/mol. The number of ether oxygens (including phenoxy) is 1. The van der Waals surface area contributed by atoms with Gasteiger partial charge in [0.2, 0.25) is 0 Å². The summed E-state index contributed by atoms with van der Waals surface area (Å²) in [6, 6.07) is 0. The van der Waals surface area contributed by atoms with Crippen molar-refractivity contribution in [2.75, 3.05) is 0 Å². The molecule has 0 atom stereocenters. The van der Waals surface area contributed by atoms with Gasteiger partial charge in [-0.05, 0) is 22.6 Å². The highest BCUT2D eigenvalue weighted by Crippen LogP contribution is 2.37. The van der Waals surface area contributed by atoms with E-state index in [9.17, 15) is 22.0 Å². The number of nitrogens with zero attached hydrogens (tertiary/aromatic N) is 1. The third-order valence-corrected chi connectivity index (χ3v) is 2.49. The second-order valence-corrected chi connectivity index (χ2v) is 3.85. The average Bonchev–Trinajstić information content (AvgIpc) is 2.18. The van der Waals surface area contributed by atoms with Crippen LogP contribution in [-0.4, -0.2) is 16.5 Å². The van der Waals surface area contributed by atoms with Gasteiger partial charge in [0.1, 0.15) is 3.70 Å². The molecule has 1 aromatic rings. The first kappa shape index (κ1) is 14.4. The summed E-state index contributed by atoms with van der Waals surface area (Å²) >= 11 is 1.34. The van der Waals surface area contributed by atoms with E-state index in [2.05, 4.69) is 9.72 Å². The third kappa shape index (κ3) is 3.63. The van der Waals surface area contributed by atoms with E-state index in [1.165, 1.54) is 22.6 Å². The Hall–Kier alpha value is -0.710. The minimum Gasteiger partial charge on any atom is -0.402 e. The predicted octanol–water partition coefficient (Wildman–Crippen LogP) is 3.01. The van der Waals surface area contributed by atoms with Gasteiger partial charge in [-0.2, -0.15) is 0 Å². The number of rotatable bonds is 3. The molecule has 1 aromatic heterocycles. The summed E-state index contributed by atoms with van der Waals surface area (Å²) in [5.41, 5.74) is -1.40. The van der Waals surface area contributed by atoms with Crippen LogP contribution >= 0.6 is 22.6 Å². The maximum absolute atomic E-state index is 12.6. The maximum atomic E-state index is 12.6. The van der Waals surface area contributed by atoms with Crippen molar-refractivity contribution in [2.45, 2.75) is 19.4 Å². The van der Waals surface area contributed by atoms with E-state index in [1.54, 1.807) is 0 Å². The number of pyridine rings is 1. The van der Waals surface area contributed by atoms with E-state index in [0.29, 0.717) is 0 Å². The zero-order chi connectivity index (χ0) is 13.2. The largest absolute Gasteiger partial charge is 0.573 e. The molecule has 1 heterocycles. The van der Waals surface area contributed by atoms with Crippen molar-refractivity contribution in [2.24, 2.45) is 0 Å². The molecule has 0 unspecified atom stereocenters. The summed E-state index contributed by atoms with van der Waals surface area (Å²) in [6.45, 7) is -0.849. The van der Waals surface area contributed by atoms with Crippen LogP contribution < -0.4 is 4.74 Å². The Morgan fingerprint density at radius 2 is 2.00 bits per heavy atom. The maximum Gasteiger partial charge on any atom is 0.573 e. The van der Waals surface area contributed by atoms with Crippen molar-refractivity contribution in [1.29, 1.82) is 0 Å². The Labute approximate surface area is 106 Å². The molecule has 0 aliphatic carbocycles. The highest BCUT2D eigenvalue weighted by atomic mass is 127. The van der Waals surface area contributed by atoms with Crippen molar-refractivity contribution >= 4 is 22.6 Å². The zero-order valence-corrected chi connectivity index (χ0v) is 10.1. The van der Waals surface area contributed by atoms with Crippen molar-refractivity contribution in [3.05, 3.63) is 21.0 Å². The lowest BCUT2D eigenvalue weighted by atomic mass is 10.1. The second kappa shape index (κ2) is 5.29. The van der Waals surface area contributed by atoms with Crippen molar-refractivity contribution < 1.29 is 31.8 Å². The van der Waals surface area contributed by atoms with E-state index in [0.717, 1.165) is 6.20 Å². The first-order valence-electron chi connectivity index (χ1n) is 4.08. The van der Waals surface area contributed by atoms with Gasteiger partial charge in [0.25, 0.3) is 6.43 Å². The van der Waals surface area contributed by atoms with Crippen LogP contribution in [0.3, 0.4) is 0 Å². The molecule has 0 fully saturated rings. The Morgan fingerprint density at radius 1 is 1.41 bits per heavy atom.